The highest BCUT2D eigenvalue weighted by atomic mass is 35.5. The molecule has 0 saturated heterocycles. The summed E-state index contributed by atoms with van der Waals surface area (Å²) in [5.74, 6) is 0.777. The van der Waals surface area contributed by atoms with Gasteiger partial charge in [0.1, 0.15) is 0 Å². The van der Waals surface area contributed by atoms with Gasteiger partial charge in [-0.05, 0) is 49.9 Å². The van der Waals surface area contributed by atoms with Crippen molar-refractivity contribution in [3.8, 4) is 0 Å². The number of hydrogen-bond donors (Lipinski definition) is 1. The quantitative estimate of drug-likeness (QED) is 0.774. The van der Waals surface area contributed by atoms with E-state index in [9.17, 15) is 0 Å². The molecule has 1 N–H and O–H groups in total. The monoisotopic (exact) mass is 225 g/mol. The van der Waals surface area contributed by atoms with E-state index < -0.39 is 0 Å². The van der Waals surface area contributed by atoms with Gasteiger partial charge in [-0.1, -0.05) is 25.4 Å². The van der Waals surface area contributed by atoms with Gasteiger partial charge in [0.05, 0.1) is 0 Å². The van der Waals surface area contributed by atoms with Gasteiger partial charge in [0.2, 0.25) is 0 Å². The molecule has 0 radical (unpaired) electrons. The maximum Gasteiger partial charge on any atom is 0.0407 e. The van der Waals surface area contributed by atoms with Gasteiger partial charge < -0.3 is 5.32 Å². The Morgan fingerprint density at radius 3 is 2.20 bits per heavy atom. The Kier molecular flexibility index (Phi) is 4.97. The molecule has 1 aromatic carbocycles. The third-order valence-electron chi connectivity index (χ3n) is 2.43. The molecule has 84 valence electrons. The Bertz CT molecular complexity index is 279. The lowest BCUT2D eigenvalue weighted by atomic mass is 10.0. The van der Waals surface area contributed by atoms with E-state index >= 15 is 0 Å². The van der Waals surface area contributed by atoms with Gasteiger partial charge in [-0.25, -0.2) is 0 Å². The number of hydrogen-bond acceptors (Lipinski definition) is 1. The molecule has 1 nitrogen and oxygen atoms in total. The van der Waals surface area contributed by atoms with Crippen LogP contribution in [0.1, 0.15) is 33.6 Å². The molecule has 0 fully saturated rings. The Labute approximate surface area is 97.8 Å². The highest BCUT2D eigenvalue weighted by molar-refractivity contribution is 6.30. The van der Waals surface area contributed by atoms with Crippen molar-refractivity contribution >= 4 is 17.3 Å². The Hall–Kier alpha value is -0.690. The van der Waals surface area contributed by atoms with Crippen LogP contribution in [-0.2, 0) is 0 Å². The number of halogens is 1. The summed E-state index contributed by atoms with van der Waals surface area (Å²) in [4.78, 5) is 0. The first-order chi connectivity index (χ1) is 7.08. The Balaban J connectivity index is 2.37. The van der Waals surface area contributed by atoms with Crippen LogP contribution in [0.25, 0.3) is 0 Å². The van der Waals surface area contributed by atoms with Crippen LogP contribution in [0.5, 0.6) is 0 Å². The van der Waals surface area contributed by atoms with Crippen LogP contribution in [-0.4, -0.2) is 6.04 Å². The normalized spacial score (nSPS) is 12.9. The van der Waals surface area contributed by atoms with Crippen molar-refractivity contribution < 1.29 is 0 Å². The van der Waals surface area contributed by atoms with Crippen molar-refractivity contribution in [1.29, 1.82) is 0 Å². The topological polar surface area (TPSA) is 12.0 Å². The standard InChI is InChI=1S/C13H20ClN/c1-10(2)4-5-11(3)15-13-8-6-12(14)7-9-13/h6-11,15H,4-5H2,1-3H3. The second kappa shape index (κ2) is 6.02. The molecule has 0 spiro atoms. The maximum absolute atomic E-state index is 5.82. The smallest absolute Gasteiger partial charge is 0.0407 e. The van der Waals surface area contributed by atoms with Crippen molar-refractivity contribution in [2.75, 3.05) is 5.32 Å². The van der Waals surface area contributed by atoms with Crippen LogP contribution in [0.2, 0.25) is 5.02 Å². The molecule has 1 unspecified atom stereocenters. The second-order valence-corrected chi connectivity index (χ2v) is 4.96. The van der Waals surface area contributed by atoms with Crippen molar-refractivity contribution in [3.63, 3.8) is 0 Å². The zero-order valence-electron chi connectivity index (χ0n) is 9.76. The highest BCUT2D eigenvalue weighted by Crippen LogP contribution is 2.16. The average molecular weight is 226 g/mol. The predicted octanol–water partition coefficient (Wildman–Crippen LogP) is 4.58. The van der Waals surface area contributed by atoms with E-state index in [4.69, 9.17) is 11.6 Å². The lowest BCUT2D eigenvalue weighted by Crippen LogP contribution is -2.15. The fourth-order valence-corrected chi connectivity index (χ4v) is 1.61. The van der Waals surface area contributed by atoms with Gasteiger partial charge in [-0.2, -0.15) is 0 Å². The summed E-state index contributed by atoms with van der Waals surface area (Å²) in [6, 6.07) is 8.40. The van der Waals surface area contributed by atoms with Gasteiger partial charge in [-0.15, -0.1) is 0 Å². The summed E-state index contributed by atoms with van der Waals surface area (Å²) in [7, 11) is 0. The van der Waals surface area contributed by atoms with E-state index in [0.717, 1.165) is 16.6 Å². The van der Waals surface area contributed by atoms with Crippen LogP contribution in [0.3, 0.4) is 0 Å². The largest absolute Gasteiger partial charge is 0.383 e. The predicted molar refractivity (Wildman–Crippen MR) is 68.6 cm³/mol. The molecule has 0 amide bonds. The lowest BCUT2D eigenvalue weighted by molar-refractivity contribution is 0.528. The number of anilines is 1. The first-order valence-corrected chi connectivity index (χ1v) is 5.98. The van der Waals surface area contributed by atoms with Crippen molar-refractivity contribution in [3.05, 3.63) is 29.3 Å². The molecule has 0 aromatic heterocycles. The van der Waals surface area contributed by atoms with Crippen molar-refractivity contribution in [1.82, 2.24) is 0 Å². The SMILES string of the molecule is CC(C)CCC(C)Nc1ccc(Cl)cc1. The molecule has 0 aliphatic rings. The Morgan fingerprint density at radius 1 is 1.07 bits per heavy atom. The van der Waals surface area contributed by atoms with Crippen LogP contribution < -0.4 is 5.32 Å². The summed E-state index contributed by atoms with van der Waals surface area (Å²) in [5.41, 5.74) is 1.15. The van der Waals surface area contributed by atoms with E-state index in [-0.39, 0.29) is 0 Å². The molecule has 2 heteroatoms. The summed E-state index contributed by atoms with van der Waals surface area (Å²) in [6.45, 7) is 6.74. The molecule has 1 atom stereocenters. The molecular weight excluding hydrogens is 206 g/mol. The highest BCUT2D eigenvalue weighted by Gasteiger charge is 2.03. The zero-order chi connectivity index (χ0) is 11.3. The van der Waals surface area contributed by atoms with E-state index in [2.05, 4.69) is 26.1 Å². The van der Waals surface area contributed by atoms with Gasteiger partial charge in [0.15, 0.2) is 0 Å². The lowest BCUT2D eigenvalue weighted by Gasteiger charge is -2.16. The second-order valence-electron chi connectivity index (χ2n) is 4.52. The summed E-state index contributed by atoms with van der Waals surface area (Å²) in [6.07, 6.45) is 2.47. The van der Waals surface area contributed by atoms with Crippen molar-refractivity contribution in [2.45, 2.75) is 39.7 Å². The van der Waals surface area contributed by atoms with Crippen LogP contribution in [0.4, 0.5) is 5.69 Å². The molecule has 0 aliphatic heterocycles. The number of benzene rings is 1. The first kappa shape index (κ1) is 12.4. The van der Waals surface area contributed by atoms with Crippen LogP contribution in [0.15, 0.2) is 24.3 Å². The third kappa shape index (κ3) is 5.08. The van der Waals surface area contributed by atoms with Crippen molar-refractivity contribution in [2.24, 2.45) is 5.92 Å². The van der Waals surface area contributed by atoms with Crippen LogP contribution in [0, 0.1) is 5.92 Å². The molecule has 0 bridgehead atoms. The minimum absolute atomic E-state index is 0.522. The first-order valence-electron chi connectivity index (χ1n) is 5.60. The van der Waals surface area contributed by atoms with Gasteiger partial charge >= 0.3 is 0 Å². The molecular formula is C13H20ClN. The number of rotatable bonds is 5. The molecule has 0 saturated carbocycles. The fraction of sp³-hybridized carbons (Fsp3) is 0.538. The van der Waals surface area contributed by atoms with Crippen LogP contribution >= 0.6 is 11.6 Å². The van der Waals surface area contributed by atoms with Gasteiger partial charge in [0, 0.05) is 16.8 Å². The molecule has 1 aromatic rings. The maximum atomic E-state index is 5.82. The van der Waals surface area contributed by atoms with Gasteiger partial charge in [-0.3, -0.25) is 0 Å². The van der Waals surface area contributed by atoms with Gasteiger partial charge in [0.25, 0.3) is 0 Å². The van der Waals surface area contributed by atoms with E-state index in [1.165, 1.54) is 12.8 Å². The Morgan fingerprint density at radius 2 is 1.67 bits per heavy atom. The molecule has 15 heavy (non-hydrogen) atoms. The van der Waals surface area contributed by atoms with E-state index in [1.54, 1.807) is 0 Å². The summed E-state index contributed by atoms with van der Waals surface area (Å²) in [5, 5.41) is 4.25. The molecule has 0 heterocycles. The van der Waals surface area contributed by atoms with E-state index in [1.807, 2.05) is 24.3 Å². The third-order valence-corrected chi connectivity index (χ3v) is 2.69. The minimum Gasteiger partial charge on any atom is -0.383 e. The number of nitrogens with one attached hydrogen (secondary N) is 1. The fourth-order valence-electron chi connectivity index (χ4n) is 1.49. The zero-order valence-corrected chi connectivity index (χ0v) is 10.5. The molecule has 1 rings (SSSR count). The molecule has 0 aliphatic carbocycles. The summed E-state index contributed by atoms with van der Waals surface area (Å²) < 4.78 is 0. The van der Waals surface area contributed by atoms with E-state index in [0.29, 0.717) is 6.04 Å². The average Bonchev–Trinajstić information content (AvgIpc) is 2.19. The summed E-state index contributed by atoms with van der Waals surface area (Å²) >= 11 is 5.82. The minimum atomic E-state index is 0.522.